The highest BCUT2D eigenvalue weighted by molar-refractivity contribution is 5.92. The zero-order chi connectivity index (χ0) is 10.7. The van der Waals surface area contributed by atoms with Crippen LogP contribution in [-0.4, -0.2) is 17.1 Å². The molecule has 0 fully saturated rings. The Bertz CT molecular complexity index is 309. The zero-order valence-electron chi connectivity index (χ0n) is 9.18. The number of hydrogen-bond acceptors (Lipinski definition) is 2. The van der Waals surface area contributed by atoms with Gasteiger partial charge in [0.25, 0.3) is 0 Å². The molecule has 3 heteroatoms. The molecule has 0 spiro atoms. The maximum absolute atomic E-state index is 11.7. The number of aryl methyl sites for hydroxylation is 2. The topological polar surface area (TPSA) is 42.1 Å². The lowest BCUT2D eigenvalue weighted by molar-refractivity contribution is 0.0333. The average Bonchev–Trinajstić information content (AvgIpc) is 2.46. The zero-order valence-corrected chi connectivity index (χ0v) is 9.18. The lowest BCUT2D eigenvalue weighted by atomic mass is 10.2. The van der Waals surface area contributed by atoms with Crippen molar-refractivity contribution in [1.29, 1.82) is 0 Å². The summed E-state index contributed by atoms with van der Waals surface area (Å²) in [7, 11) is 0. The first-order valence-corrected chi connectivity index (χ1v) is 4.91. The van der Waals surface area contributed by atoms with E-state index in [-0.39, 0.29) is 12.1 Å². The summed E-state index contributed by atoms with van der Waals surface area (Å²) >= 11 is 0. The molecule has 0 aliphatic rings. The summed E-state index contributed by atoms with van der Waals surface area (Å²) in [6.45, 7) is 7.67. The minimum absolute atomic E-state index is 0.0174. The molecular weight excluding hydrogens is 178 g/mol. The minimum atomic E-state index is -0.226. The van der Waals surface area contributed by atoms with Crippen molar-refractivity contribution in [1.82, 2.24) is 4.98 Å². The molecule has 1 unspecified atom stereocenters. The smallest absolute Gasteiger partial charge is 0.340 e. The van der Waals surface area contributed by atoms with Crippen LogP contribution in [0.25, 0.3) is 0 Å². The molecule has 0 aliphatic heterocycles. The standard InChI is InChI=1S/C11H17NO2/c1-5-8(3)14-11(13)10-7(2)6-12-9(10)4/h6,8,12H,5H2,1-4H3. The summed E-state index contributed by atoms with van der Waals surface area (Å²) in [5.41, 5.74) is 2.48. The Morgan fingerprint density at radius 2 is 2.21 bits per heavy atom. The Labute approximate surface area is 84.5 Å². The number of esters is 1. The van der Waals surface area contributed by atoms with Crippen molar-refractivity contribution < 1.29 is 9.53 Å². The second kappa shape index (κ2) is 4.31. The van der Waals surface area contributed by atoms with Crippen LogP contribution in [-0.2, 0) is 4.74 Å². The van der Waals surface area contributed by atoms with Gasteiger partial charge < -0.3 is 9.72 Å². The fourth-order valence-corrected chi connectivity index (χ4v) is 1.30. The average molecular weight is 195 g/mol. The van der Waals surface area contributed by atoms with Gasteiger partial charge in [0.15, 0.2) is 0 Å². The third kappa shape index (κ3) is 2.16. The van der Waals surface area contributed by atoms with Gasteiger partial charge in [-0.3, -0.25) is 0 Å². The molecule has 1 aromatic rings. The molecule has 0 radical (unpaired) electrons. The van der Waals surface area contributed by atoms with Gasteiger partial charge in [0.1, 0.15) is 0 Å². The lowest BCUT2D eigenvalue weighted by Gasteiger charge is -2.10. The second-order valence-corrected chi connectivity index (χ2v) is 3.60. The van der Waals surface area contributed by atoms with Gasteiger partial charge in [-0.15, -0.1) is 0 Å². The molecule has 0 aromatic carbocycles. The summed E-state index contributed by atoms with van der Waals surface area (Å²) in [4.78, 5) is 14.7. The molecule has 0 saturated heterocycles. The van der Waals surface area contributed by atoms with E-state index in [9.17, 15) is 4.79 Å². The number of rotatable bonds is 3. The van der Waals surface area contributed by atoms with E-state index in [2.05, 4.69) is 4.98 Å². The Balaban J connectivity index is 2.79. The van der Waals surface area contributed by atoms with Crippen LogP contribution in [0.3, 0.4) is 0 Å². The number of ether oxygens (including phenoxy) is 1. The van der Waals surface area contributed by atoms with Crippen molar-refractivity contribution in [2.45, 2.75) is 40.2 Å². The fraction of sp³-hybridized carbons (Fsp3) is 0.545. The number of hydrogen-bond donors (Lipinski definition) is 1. The maximum Gasteiger partial charge on any atom is 0.340 e. The van der Waals surface area contributed by atoms with Crippen molar-refractivity contribution in [2.75, 3.05) is 0 Å². The SMILES string of the molecule is CCC(C)OC(=O)c1c(C)c[nH]c1C. The summed E-state index contributed by atoms with van der Waals surface area (Å²) in [5.74, 6) is -0.226. The predicted octanol–water partition coefficient (Wildman–Crippen LogP) is 2.59. The molecule has 14 heavy (non-hydrogen) atoms. The van der Waals surface area contributed by atoms with E-state index in [0.29, 0.717) is 5.56 Å². The molecule has 0 saturated carbocycles. The first-order chi connectivity index (χ1) is 6.56. The molecule has 0 bridgehead atoms. The van der Waals surface area contributed by atoms with Crippen LogP contribution >= 0.6 is 0 Å². The van der Waals surface area contributed by atoms with Crippen LogP contribution in [0.2, 0.25) is 0 Å². The van der Waals surface area contributed by atoms with E-state index in [1.807, 2.05) is 33.9 Å². The molecule has 3 nitrogen and oxygen atoms in total. The minimum Gasteiger partial charge on any atom is -0.459 e. The third-order valence-electron chi connectivity index (χ3n) is 2.36. The first-order valence-electron chi connectivity index (χ1n) is 4.91. The molecule has 0 amide bonds. The van der Waals surface area contributed by atoms with Crippen molar-refractivity contribution in [3.05, 3.63) is 23.0 Å². The van der Waals surface area contributed by atoms with Gasteiger partial charge in [-0.05, 0) is 32.8 Å². The van der Waals surface area contributed by atoms with Gasteiger partial charge in [0.2, 0.25) is 0 Å². The van der Waals surface area contributed by atoms with E-state index in [4.69, 9.17) is 4.74 Å². The molecule has 0 aliphatic carbocycles. The van der Waals surface area contributed by atoms with Crippen molar-refractivity contribution in [2.24, 2.45) is 0 Å². The summed E-state index contributed by atoms with van der Waals surface area (Å²) in [5, 5.41) is 0. The molecular formula is C11H17NO2. The van der Waals surface area contributed by atoms with E-state index in [0.717, 1.165) is 17.7 Å². The highest BCUT2D eigenvalue weighted by atomic mass is 16.5. The maximum atomic E-state index is 11.7. The predicted molar refractivity (Wildman–Crippen MR) is 55.4 cm³/mol. The van der Waals surface area contributed by atoms with Gasteiger partial charge in [-0.1, -0.05) is 6.92 Å². The Morgan fingerprint density at radius 3 is 2.64 bits per heavy atom. The quantitative estimate of drug-likeness (QED) is 0.753. The van der Waals surface area contributed by atoms with Crippen LogP contribution in [0.15, 0.2) is 6.20 Å². The summed E-state index contributed by atoms with van der Waals surface area (Å²) < 4.78 is 5.25. The number of H-pyrrole nitrogens is 1. The van der Waals surface area contributed by atoms with Crippen LogP contribution in [0, 0.1) is 13.8 Å². The Hall–Kier alpha value is -1.25. The molecule has 1 rings (SSSR count). The molecule has 1 atom stereocenters. The number of carbonyl (C=O) groups excluding carboxylic acids is 1. The Morgan fingerprint density at radius 1 is 1.57 bits per heavy atom. The van der Waals surface area contributed by atoms with Gasteiger partial charge >= 0.3 is 5.97 Å². The van der Waals surface area contributed by atoms with Crippen LogP contribution in [0.1, 0.15) is 41.9 Å². The largest absolute Gasteiger partial charge is 0.459 e. The number of nitrogens with one attached hydrogen (secondary N) is 1. The normalized spacial score (nSPS) is 12.6. The van der Waals surface area contributed by atoms with Crippen LogP contribution in [0.4, 0.5) is 0 Å². The fourth-order valence-electron chi connectivity index (χ4n) is 1.30. The van der Waals surface area contributed by atoms with Gasteiger partial charge in [0, 0.05) is 11.9 Å². The van der Waals surface area contributed by atoms with E-state index >= 15 is 0 Å². The number of aromatic nitrogens is 1. The third-order valence-corrected chi connectivity index (χ3v) is 2.36. The number of aromatic amines is 1. The molecule has 1 N–H and O–H groups in total. The summed E-state index contributed by atoms with van der Waals surface area (Å²) in [6, 6.07) is 0. The highest BCUT2D eigenvalue weighted by Crippen LogP contribution is 2.14. The first kappa shape index (κ1) is 10.8. The lowest BCUT2D eigenvalue weighted by Crippen LogP contribution is -2.15. The molecule has 1 heterocycles. The van der Waals surface area contributed by atoms with E-state index < -0.39 is 0 Å². The van der Waals surface area contributed by atoms with Crippen LogP contribution in [0.5, 0.6) is 0 Å². The van der Waals surface area contributed by atoms with Gasteiger partial charge in [-0.25, -0.2) is 4.79 Å². The van der Waals surface area contributed by atoms with E-state index in [1.54, 1.807) is 0 Å². The highest BCUT2D eigenvalue weighted by Gasteiger charge is 2.16. The van der Waals surface area contributed by atoms with Crippen molar-refractivity contribution >= 4 is 5.97 Å². The van der Waals surface area contributed by atoms with E-state index in [1.165, 1.54) is 0 Å². The van der Waals surface area contributed by atoms with Gasteiger partial charge in [-0.2, -0.15) is 0 Å². The Kier molecular flexibility index (Phi) is 3.33. The number of carbonyl (C=O) groups is 1. The summed E-state index contributed by atoms with van der Waals surface area (Å²) in [6.07, 6.45) is 2.65. The molecule has 1 aromatic heterocycles. The molecule has 78 valence electrons. The second-order valence-electron chi connectivity index (χ2n) is 3.60. The van der Waals surface area contributed by atoms with Crippen molar-refractivity contribution in [3.8, 4) is 0 Å². The van der Waals surface area contributed by atoms with Crippen molar-refractivity contribution in [3.63, 3.8) is 0 Å². The van der Waals surface area contributed by atoms with Gasteiger partial charge in [0.05, 0.1) is 11.7 Å². The van der Waals surface area contributed by atoms with Crippen LogP contribution < -0.4 is 0 Å². The monoisotopic (exact) mass is 195 g/mol.